The van der Waals surface area contributed by atoms with Gasteiger partial charge in [-0.25, -0.2) is 4.98 Å². The molecule has 212 valence electrons. The molecule has 0 radical (unpaired) electrons. The van der Waals surface area contributed by atoms with Gasteiger partial charge in [0.15, 0.2) is 0 Å². The van der Waals surface area contributed by atoms with Crippen LogP contribution in [0.2, 0.25) is 0 Å². The van der Waals surface area contributed by atoms with Crippen molar-refractivity contribution in [1.82, 2.24) is 14.9 Å². The fourth-order valence-corrected chi connectivity index (χ4v) is 5.38. The van der Waals surface area contributed by atoms with Crippen LogP contribution in [-0.4, -0.2) is 38.2 Å². The number of amides is 2. The minimum atomic E-state index is -0.470. The maximum atomic E-state index is 13.3. The van der Waals surface area contributed by atoms with E-state index in [2.05, 4.69) is 20.6 Å². The Labute approximate surface area is 242 Å². The van der Waals surface area contributed by atoms with Crippen molar-refractivity contribution in [3.8, 4) is 11.3 Å². The van der Waals surface area contributed by atoms with Crippen LogP contribution in [0.1, 0.15) is 48.7 Å². The van der Waals surface area contributed by atoms with Gasteiger partial charge >= 0.3 is 0 Å². The number of rotatable bonds is 8. The third-order valence-corrected chi connectivity index (χ3v) is 7.66. The van der Waals surface area contributed by atoms with Gasteiger partial charge in [0.05, 0.1) is 21.9 Å². The number of H-pyrrole nitrogens is 1. The van der Waals surface area contributed by atoms with Crippen molar-refractivity contribution in [1.29, 1.82) is 0 Å². The van der Waals surface area contributed by atoms with Crippen molar-refractivity contribution in [2.75, 3.05) is 17.2 Å². The number of carbonyl (C=O) groups excluding carboxylic acids is 2. The fraction of sp³-hybridized carbons (Fsp3) is 0.219. The Morgan fingerprint density at radius 2 is 1.83 bits per heavy atom. The quantitative estimate of drug-likeness (QED) is 0.137. The van der Waals surface area contributed by atoms with Crippen LogP contribution in [-0.2, 0) is 22.6 Å². The van der Waals surface area contributed by atoms with Gasteiger partial charge in [0, 0.05) is 66.8 Å². The first kappa shape index (κ1) is 26.9. The number of piperidine rings is 1. The zero-order chi connectivity index (χ0) is 29.2. The maximum Gasteiger partial charge on any atom is 0.270 e. The first-order valence-electron chi connectivity index (χ1n) is 14.0. The SMILES string of the molecule is CCc1nc(-c2ccc(NC(=C3C(=O)Nc4ccc([N+](=O)[O-])cc43)c3ccc(CN4CCCCC4=O)cc3)cc2)c[nH]1. The predicted molar refractivity (Wildman–Crippen MR) is 161 cm³/mol. The van der Waals surface area contributed by atoms with Crippen LogP contribution in [0.5, 0.6) is 0 Å². The predicted octanol–water partition coefficient (Wildman–Crippen LogP) is 5.99. The Morgan fingerprint density at radius 1 is 1.05 bits per heavy atom. The number of nitrogens with one attached hydrogen (secondary N) is 3. The number of hydrogen-bond acceptors (Lipinski definition) is 6. The normalized spacial score (nSPS) is 15.8. The summed E-state index contributed by atoms with van der Waals surface area (Å²) in [6.45, 7) is 3.32. The molecule has 0 unspecified atom stereocenters. The van der Waals surface area contributed by atoms with Crippen LogP contribution < -0.4 is 10.6 Å². The zero-order valence-corrected chi connectivity index (χ0v) is 23.1. The van der Waals surface area contributed by atoms with Crippen LogP contribution >= 0.6 is 0 Å². The van der Waals surface area contributed by atoms with Gasteiger partial charge in [0.1, 0.15) is 5.82 Å². The molecule has 2 aliphatic rings. The van der Waals surface area contributed by atoms with E-state index in [-0.39, 0.29) is 17.5 Å². The number of non-ortho nitro benzene ring substituents is 1. The summed E-state index contributed by atoms with van der Waals surface area (Å²) in [5.41, 5.74) is 5.96. The second-order valence-corrected chi connectivity index (χ2v) is 10.4. The Bertz CT molecular complexity index is 1710. The molecule has 4 aromatic rings. The molecule has 0 bridgehead atoms. The Kier molecular flexibility index (Phi) is 7.26. The fourth-order valence-electron chi connectivity index (χ4n) is 5.38. The van der Waals surface area contributed by atoms with Crippen molar-refractivity contribution in [2.45, 2.75) is 39.2 Å². The van der Waals surface area contributed by atoms with E-state index in [4.69, 9.17) is 0 Å². The van der Waals surface area contributed by atoms with E-state index in [1.54, 1.807) is 6.07 Å². The first-order chi connectivity index (χ1) is 20.4. The molecular formula is C32H30N6O4. The van der Waals surface area contributed by atoms with E-state index in [0.29, 0.717) is 35.5 Å². The summed E-state index contributed by atoms with van der Waals surface area (Å²) in [6.07, 6.45) is 5.20. The van der Waals surface area contributed by atoms with Crippen molar-refractivity contribution in [3.63, 3.8) is 0 Å². The van der Waals surface area contributed by atoms with E-state index in [1.807, 2.05) is 66.6 Å². The lowest BCUT2D eigenvalue weighted by molar-refractivity contribution is -0.384. The van der Waals surface area contributed by atoms with Crippen LogP contribution in [0.3, 0.4) is 0 Å². The van der Waals surface area contributed by atoms with E-state index >= 15 is 0 Å². The number of anilines is 2. The molecular weight excluding hydrogens is 532 g/mol. The van der Waals surface area contributed by atoms with Crippen LogP contribution in [0.25, 0.3) is 22.5 Å². The summed E-state index contributed by atoms with van der Waals surface area (Å²) in [6, 6.07) is 19.8. The zero-order valence-electron chi connectivity index (χ0n) is 23.1. The van der Waals surface area contributed by atoms with Crippen LogP contribution in [0.15, 0.2) is 72.9 Å². The number of likely N-dealkylation sites (tertiary alicyclic amines) is 1. The third kappa shape index (κ3) is 5.38. The van der Waals surface area contributed by atoms with E-state index in [0.717, 1.165) is 59.7 Å². The number of aryl methyl sites for hydroxylation is 1. The molecule has 0 atom stereocenters. The summed E-state index contributed by atoms with van der Waals surface area (Å²) in [7, 11) is 0. The van der Waals surface area contributed by atoms with Crippen molar-refractivity contribution >= 4 is 40.1 Å². The summed E-state index contributed by atoms with van der Waals surface area (Å²) < 4.78 is 0. The van der Waals surface area contributed by atoms with E-state index in [9.17, 15) is 19.7 Å². The van der Waals surface area contributed by atoms with Crippen LogP contribution in [0.4, 0.5) is 17.1 Å². The van der Waals surface area contributed by atoms with Gasteiger partial charge in [-0.3, -0.25) is 19.7 Å². The van der Waals surface area contributed by atoms with Gasteiger partial charge < -0.3 is 20.5 Å². The van der Waals surface area contributed by atoms with Gasteiger partial charge in [-0.05, 0) is 42.2 Å². The summed E-state index contributed by atoms with van der Waals surface area (Å²) in [4.78, 5) is 46.4. The molecule has 1 saturated heterocycles. The number of nitro benzene ring substituents is 1. The molecule has 0 saturated carbocycles. The molecule has 2 amide bonds. The average molecular weight is 563 g/mol. The Morgan fingerprint density at radius 3 is 2.52 bits per heavy atom. The van der Waals surface area contributed by atoms with Crippen molar-refractivity contribution in [3.05, 3.63) is 106 Å². The minimum absolute atomic E-state index is 0.0987. The molecule has 42 heavy (non-hydrogen) atoms. The van der Waals surface area contributed by atoms with Gasteiger partial charge in [-0.1, -0.05) is 43.3 Å². The molecule has 0 aliphatic carbocycles. The lowest BCUT2D eigenvalue weighted by atomic mass is 9.98. The number of nitrogens with zero attached hydrogens (tertiary/aromatic N) is 3. The molecule has 3 N–H and O–H groups in total. The highest BCUT2D eigenvalue weighted by Gasteiger charge is 2.30. The highest BCUT2D eigenvalue weighted by molar-refractivity contribution is 6.37. The number of fused-ring (bicyclic) bond motifs is 1. The molecule has 10 nitrogen and oxygen atoms in total. The number of nitro groups is 1. The highest BCUT2D eigenvalue weighted by Crippen LogP contribution is 2.39. The van der Waals surface area contributed by atoms with E-state index in [1.165, 1.54) is 12.1 Å². The smallest absolute Gasteiger partial charge is 0.270 e. The summed E-state index contributed by atoms with van der Waals surface area (Å²) >= 11 is 0. The van der Waals surface area contributed by atoms with Crippen molar-refractivity contribution in [2.24, 2.45) is 0 Å². The largest absolute Gasteiger partial charge is 0.354 e. The van der Waals surface area contributed by atoms with Gasteiger partial charge in [0.2, 0.25) is 5.91 Å². The lowest BCUT2D eigenvalue weighted by Crippen LogP contribution is -2.34. The number of carbonyl (C=O) groups is 2. The molecule has 10 heteroatoms. The number of aromatic amines is 1. The topological polar surface area (TPSA) is 133 Å². The van der Waals surface area contributed by atoms with Gasteiger partial charge in [0.25, 0.3) is 11.6 Å². The highest BCUT2D eigenvalue weighted by atomic mass is 16.6. The molecule has 6 rings (SSSR count). The third-order valence-electron chi connectivity index (χ3n) is 7.66. The first-order valence-corrected chi connectivity index (χ1v) is 14.0. The van der Waals surface area contributed by atoms with Gasteiger partial charge in [-0.15, -0.1) is 0 Å². The lowest BCUT2D eigenvalue weighted by Gasteiger charge is -2.26. The second-order valence-electron chi connectivity index (χ2n) is 10.4. The standard InChI is InChI=1S/C32H30N6O4/c1-2-28-33-18-27(35-28)21-10-12-23(13-11-21)34-31(30-25-17-24(38(41)42)14-15-26(25)36-32(30)40)22-8-6-20(7-9-22)19-37-16-4-3-5-29(37)39/h6-15,17-18,34H,2-5,16,19H2,1H3,(H,33,35)(H,36,40). The molecule has 1 aromatic heterocycles. The Balaban J connectivity index is 1.37. The van der Waals surface area contributed by atoms with E-state index < -0.39 is 4.92 Å². The number of aromatic nitrogens is 2. The number of hydrogen-bond donors (Lipinski definition) is 3. The number of imidazole rings is 1. The maximum absolute atomic E-state index is 13.3. The molecule has 2 aliphatic heterocycles. The molecule has 3 heterocycles. The average Bonchev–Trinajstić information content (AvgIpc) is 3.61. The molecule has 1 fully saturated rings. The second kappa shape index (κ2) is 11.3. The van der Waals surface area contributed by atoms with Crippen LogP contribution in [0, 0.1) is 10.1 Å². The molecule has 3 aromatic carbocycles. The Hall–Kier alpha value is -5.25. The summed E-state index contributed by atoms with van der Waals surface area (Å²) in [5, 5.41) is 17.8. The number of benzene rings is 3. The van der Waals surface area contributed by atoms with Crippen molar-refractivity contribution < 1.29 is 14.5 Å². The van der Waals surface area contributed by atoms with Gasteiger partial charge in [-0.2, -0.15) is 0 Å². The summed E-state index contributed by atoms with van der Waals surface area (Å²) in [5.74, 6) is 0.725. The monoisotopic (exact) mass is 562 g/mol. The molecule has 0 spiro atoms. The minimum Gasteiger partial charge on any atom is -0.354 e.